The normalized spacial score (nSPS) is 14.8. The van der Waals surface area contributed by atoms with Crippen LogP contribution in [0.5, 0.6) is 5.75 Å². The van der Waals surface area contributed by atoms with Crippen LogP contribution in [0, 0.1) is 5.92 Å². The molecular formula is C28H32Cl2N2O5S. The van der Waals surface area contributed by atoms with Crippen molar-refractivity contribution in [2.75, 3.05) is 30.5 Å². The number of hydrogen-bond donors (Lipinski definition) is 2. The van der Waals surface area contributed by atoms with Crippen LogP contribution in [0.15, 0.2) is 46.9 Å². The standard InChI is InChI=1S/C28H32Cl2N2O5S/c1-38-16-15-36-21-11-12-23-22(17-21)25(29)27(37-23)26(18-5-3-2-4-6-18)31-20-9-7-19(8-10-20)28(35)32(30)14-13-24(33)34/h7-12,17-18,26,31H,2-6,13-16H2,1H3,(H,33,34). The average Bonchev–Trinajstić information content (AvgIpc) is 3.26. The number of rotatable bonds is 12. The number of benzene rings is 2. The number of halogens is 2. The summed E-state index contributed by atoms with van der Waals surface area (Å²) in [5.74, 6) is 1.26. The fourth-order valence-electron chi connectivity index (χ4n) is 4.79. The molecule has 0 radical (unpaired) electrons. The second-order valence-corrected chi connectivity index (χ2v) is 11.2. The lowest BCUT2D eigenvalue weighted by atomic mass is 9.82. The van der Waals surface area contributed by atoms with Crippen LogP contribution in [0.25, 0.3) is 11.0 Å². The zero-order valence-corrected chi connectivity index (χ0v) is 23.6. The van der Waals surface area contributed by atoms with Crippen molar-refractivity contribution in [3.8, 4) is 5.75 Å². The molecule has 1 saturated carbocycles. The highest BCUT2D eigenvalue weighted by molar-refractivity contribution is 7.98. The van der Waals surface area contributed by atoms with Crippen molar-refractivity contribution < 1.29 is 23.8 Å². The van der Waals surface area contributed by atoms with E-state index >= 15 is 0 Å². The van der Waals surface area contributed by atoms with Gasteiger partial charge in [0.05, 0.1) is 24.1 Å². The lowest BCUT2D eigenvalue weighted by molar-refractivity contribution is -0.137. The molecule has 10 heteroatoms. The number of nitrogens with one attached hydrogen (secondary N) is 1. The summed E-state index contributed by atoms with van der Waals surface area (Å²) in [5, 5.41) is 13.9. The van der Waals surface area contributed by atoms with Gasteiger partial charge in [-0.15, -0.1) is 0 Å². The Bertz CT molecular complexity index is 1240. The molecule has 2 aromatic carbocycles. The van der Waals surface area contributed by atoms with E-state index in [9.17, 15) is 9.59 Å². The van der Waals surface area contributed by atoms with Crippen molar-refractivity contribution in [3.05, 3.63) is 58.8 Å². The molecule has 1 aromatic heterocycles. The summed E-state index contributed by atoms with van der Waals surface area (Å²) in [6, 6.07) is 12.6. The highest BCUT2D eigenvalue weighted by Gasteiger charge is 2.31. The molecule has 1 amide bonds. The molecule has 38 heavy (non-hydrogen) atoms. The number of amides is 1. The van der Waals surface area contributed by atoms with Crippen molar-refractivity contribution in [1.29, 1.82) is 0 Å². The number of ether oxygens (including phenoxy) is 1. The third-order valence-electron chi connectivity index (χ3n) is 6.78. The van der Waals surface area contributed by atoms with Gasteiger partial charge >= 0.3 is 5.97 Å². The van der Waals surface area contributed by atoms with Crippen LogP contribution in [0.1, 0.15) is 60.7 Å². The summed E-state index contributed by atoms with van der Waals surface area (Å²) < 4.78 is 13.1. The van der Waals surface area contributed by atoms with E-state index in [2.05, 4.69) is 5.32 Å². The van der Waals surface area contributed by atoms with E-state index in [1.165, 1.54) is 6.42 Å². The van der Waals surface area contributed by atoms with E-state index in [4.69, 9.17) is 37.6 Å². The first kappa shape index (κ1) is 28.5. The van der Waals surface area contributed by atoms with Gasteiger partial charge in [0, 0.05) is 40.7 Å². The number of carbonyl (C=O) groups is 2. The highest BCUT2D eigenvalue weighted by Crippen LogP contribution is 2.43. The van der Waals surface area contributed by atoms with Crippen molar-refractivity contribution in [2.24, 2.45) is 5.92 Å². The monoisotopic (exact) mass is 578 g/mol. The first-order valence-electron chi connectivity index (χ1n) is 12.8. The van der Waals surface area contributed by atoms with Crippen molar-refractivity contribution in [1.82, 2.24) is 4.42 Å². The Morgan fingerprint density at radius 3 is 2.61 bits per heavy atom. The minimum Gasteiger partial charge on any atom is -0.493 e. The number of hydrogen-bond acceptors (Lipinski definition) is 6. The summed E-state index contributed by atoms with van der Waals surface area (Å²) in [6.45, 7) is 0.551. The van der Waals surface area contributed by atoms with Gasteiger partial charge in [-0.3, -0.25) is 14.0 Å². The van der Waals surface area contributed by atoms with Crippen LogP contribution >= 0.6 is 35.1 Å². The molecule has 2 N–H and O–H groups in total. The fraction of sp³-hybridized carbons (Fsp3) is 0.429. The van der Waals surface area contributed by atoms with Crippen molar-refractivity contribution in [2.45, 2.75) is 44.6 Å². The second-order valence-electron chi connectivity index (χ2n) is 9.41. The third kappa shape index (κ3) is 7.10. The Morgan fingerprint density at radius 2 is 1.92 bits per heavy atom. The zero-order valence-electron chi connectivity index (χ0n) is 21.3. The zero-order chi connectivity index (χ0) is 27.1. The number of fused-ring (bicyclic) bond motifs is 1. The summed E-state index contributed by atoms with van der Waals surface area (Å²) in [6.07, 6.45) is 7.49. The first-order valence-corrected chi connectivity index (χ1v) is 14.9. The van der Waals surface area contributed by atoms with Gasteiger partial charge in [0.25, 0.3) is 5.91 Å². The average molecular weight is 580 g/mol. The molecule has 1 aliphatic rings. The molecule has 0 aliphatic heterocycles. The lowest BCUT2D eigenvalue weighted by Crippen LogP contribution is -2.24. The molecule has 1 aliphatic carbocycles. The number of furan rings is 1. The summed E-state index contributed by atoms with van der Waals surface area (Å²) in [5.41, 5.74) is 1.91. The SMILES string of the molecule is CSCCOc1ccc2oc(C(Nc3ccc(C(=O)N(Cl)CCC(=O)O)cc3)C3CCCCC3)c(Cl)c2c1. The highest BCUT2D eigenvalue weighted by atomic mass is 35.5. The van der Waals surface area contributed by atoms with Gasteiger partial charge in [-0.1, -0.05) is 30.9 Å². The smallest absolute Gasteiger partial charge is 0.305 e. The van der Waals surface area contributed by atoms with E-state index in [1.54, 1.807) is 23.9 Å². The Balaban J connectivity index is 1.56. The number of carbonyl (C=O) groups excluding carboxylic acids is 1. The molecule has 0 bridgehead atoms. The predicted molar refractivity (Wildman–Crippen MR) is 154 cm³/mol. The third-order valence-corrected chi connectivity index (χ3v) is 8.07. The number of thioether (sulfide) groups is 1. The van der Waals surface area contributed by atoms with E-state index in [0.717, 1.165) is 52.7 Å². The summed E-state index contributed by atoms with van der Waals surface area (Å²) >= 11 is 14.6. The molecule has 0 saturated heterocycles. The van der Waals surface area contributed by atoms with Gasteiger partial charge in [0.1, 0.15) is 17.1 Å². The topological polar surface area (TPSA) is 92.0 Å². The molecule has 7 nitrogen and oxygen atoms in total. The molecule has 204 valence electrons. The van der Waals surface area contributed by atoms with Crippen LogP contribution in [-0.4, -0.2) is 46.6 Å². The van der Waals surface area contributed by atoms with Crippen molar-refractivity contribution >= 4 is 63.7 Å². The molecule has 1 heterocycles. The number of aliphatic carboxylic acids is 1. The minimum absolute atomic E-state index is 0.0750. The number of carboxylic acid groups (broad SMARTS) is 1. The Labute approximate surface area is 236 Å². The van der Waals surface area contributed by atoms with E-state index in [-0.39, 0.29) is 19.0 Å². The molecule has 4 rings (SSSR count). The van der Waals surface area contributed by atoms with Gasteiger partial charge in [-0.05, 0) is 67.5 Å². The molecule has 1 unspecified atom stereocenters. The van der Waals surface area contributed by atoms with Crippen molar-refractivity contribution in [3.63, 3.8) is 0 Å². The molecule has 1 fully saturated rings. The van der Waals surface area contributed by atoms with E-state index in [0.29, 0.717) is 34.5 Å². The van der Waals surface area contributed by atoms with E-state index in [1.807, 2.05) is 36.6 Å². The maximum absolute atomic E-state index is 12.6. The Hall–Kier alpha value is -2.55. The maximum Gasteiger partial charge on any atom is 0.305 e. The quantitative estimate of drug-likeness (QED) is 0.168. The van der Waals surface area contributed by atoms with Crippen LogP contribution in [0.2, 0.25) is 5.02 Å². The van der Waals surface area contributed by atoms with E-state index < -0.39 is 11.9 Å². The van der Waals surface area contributed by atoms with Crippen LogP contribution in [0.3, 0.4) is 0 Å². The number of nitrogens with zero attached hydrogens (tertiary/aromatic N) is 1. The second kappa shape index (κ2) is 13.5. The van der Waals surface area contributed by atoms with Gasteiger partial charge < -0.3 is 19.6 Å². The van der Waals surface area contributed by atoms with Gasteiger partial charge in [-0.2, -0.15) is 11.8 Å². The Kier molecular flexibility index (Phi) is 10.1. The first-order chi connectivity index (χ1) is 18.4. The molecule has 1 atom stereocenters. The fourth-order valence-corrected chi connectivity index (χ4v) is 5.52. The maximum atomic E-state index is 12.6. The lowest BCUT2D eigenvalue weighted by Gasteiger charge is -2.30. The summed E-state index contributed by atoms with van der Waals surface area (Å²) in [7, 11) is 0. The molecule has 0 spiro atoms. The molecular weight excluding hydrogens is 547 g/mol. The van der Waals surface area contributed by atoms with Gasteiger partial charge in [-0.25, -0.2) is 0 Å². The van der Waals surface area contributed by atoms with Gasteiger partial charge in [0.2, 0.25) is 0 Å². The Morgan fingerprint density at radius 1 is 1.18 bits per heavy atom. The minimum atomic E-state index is -1.01. The number of carboxylic acids is 1. The molecule has 3 aromatic rings. The van der Waals surface area contributed by atoms with Crippen LogP contribution < -0.4 is 10.1 Å². The number of anilines is 1. The summed E-state index contributed by atoms with van der Waals surface area (Å²) in [4.78, 5) is 23.3. The van der Waals surface area contributed by atoms with Crippen LogP contribution in [-0.2, 0) is 4.79 Å². The predicted octanol–water partition coefficient (Wildman–Crippen LogP) is 7.63. The van der Waals surface area contributed by atoms with Gasteiger partial charge in [0.15, 0.2) is 0 Å². The largest absolute Gasteiger partial charge is 0.493 e. The van der Waals surface area contributed by atoms with Crippen LogP contribution in [0.4, 0.5) is 5.69 Å².